The van der Waals surface area contributed by atoms with Crippen molar-refractivity contribution in [1.82, 2.24) is 14.9 Å². The van der Waals surface area contributed by atoms with E-state index in [0.717, 1.165) is 88.7 Å². The summed E-state index contributed by atoms with van der Waals surface area (Å²) in [7, 11) is 0. The van der Waals surface area contributed by atoms with Crippen LogP contribution < -0.4 is 4.90 Å². The molecule has 6 heteroatoms. The summed E-state index contributed by atoms with van der Waals surface area (Å²) >= 11 is 0. The smallest absolute Gasteiger partial charge is 0.226 e. The van der Waals surface area contributed by atoms with Gasteiger partial charge in [-0.3, -0.25) is 4.79 Å². The molecule has 0 N–H and O–H groups in total. The van der Waals surface area contributed by atoms with Gasteiger partial charge in [-0.2, -0.15) is 0 Å². The maximum absolute atomic E-state index is 12.9. The second-order valence-corrected chi connectivity index (χ2v) is 7.42. The van der Waals surface area contributed by atoms with Crippen LogP contribution in [0.1, 0.15) is 43.4 Å². The Balaban J connectivity index is 1.43. The number of amides is 1. The molecule has 1 aromatic heterocycles. The van der Waals surface area contributed by atoms with Crippen LogP contribution in [0.4, 0.5) is 5.95 Å². The van der Waals surface area contributed by atoms with Crippen molar-refractivity contribution in [3.8, 4) is 0 Å². The quantitative estimate of drug-likeness (QED) is 0.819. The number of aryl methyl sites for hydroxylation is 1. The third-order valence-electron chi connectivity index (χ3n) is 5.70. The fraction of sp³-hybridized carbons (Fsp3) is 0.737. The number of carbonyl (C=O) groups excluding carboxylic acids is 1. The van der Waals surface area contributed by atoms with Gasteiger partial charge < -0.3 is 14.5 Å². The zero-order valence-electron chi connectivity index (χ0n) is 15.0. The molecule has 6 nitrogen and oxygen atoms in total. The summed E-state index contributed by atoms with van der Waals surface area (Å²) in [5.41, 5.74) is 2.30. The Bertz CT molecular complexity index is 607. The van der Waals surface area contributed by atoms with Crippen LogP contribution in [0.25, 0.3) is 0 Å². The third-order valence-corrected chi connectivity index (χ3v) is 5.70. The zero-order chi connectivity index (χ0) is 17.1. The molecule has 0 bridgehead atoms. The Hall–Kier alpha value is -1.69. The number of anilines is 1. The normalized spacial score (nSPS) is 24.6. The first kappa shape index (κ1) is 16.8. The predicted octanol–water partition coefficient (Wildman–Crippen LogP) is 1.82. The standard InChI is InChI=1S/C19H28N4O2/c24-18(22-7-3-1-2-4-8-22)15-5-6-17-16(13-15)14-20-19(21-17)23-9-11-25-12-10-23/h14-15H,1-13H2. The van der Waals surface area contributed by atoms with E-state index in [1.165, 1.54) is 12.8 Å². The van der Waals surface area contributed by atoms with E-state index in [0.29, 0.717) is 5.91 Å². The lowest BCUT2D eigenvalue weighted by Crippen LogP contribution is -2.40. The second-order valence-electron chi connectivity index (χ2n) is 7.42. The molecule has 25 heavy (non-hydrogen) atoms. The predicted molar refractivity (Wildman–Crippen MR) is 95.6 cm³/mol. The maximum Gasteiger partial charge on any atom is 0.226 e. The van der Waals surface area contributed by atoms with Gasteiger partial charge in [0.15, 0.2) is 0 Å². The van der Waals surface area contributed by atoms with Gasteiger partial charge in [0.2, 0.25) is 11.9 Å². The van der Waals surface area contributed by atoms with E-state index >= 15 is 0 Å². The van der Waals surface area contributed by atoms with Crippen molar-refractivity contribution in [3.05, 3.63) is 17.5 Å². The molecule has 1 unspecified atom stereocenters. The topological polar surface area (TPSA) is 58.6 Å². The highest BCUT2D eigenvalue weighted by Gasteiger charge is 2.30. The minimum absolute atomic E-state index is 0.114. The van der Waals surface area contributed by atoms with Crippen molar-refractivity contribution in [3.63, 3.8) is 0 Å². The molecule has 2 fully saturated rings. The van der Waals surface area contributed by atoms with Crippen molar-refractivity contribution >= 4 is 11.9 Å². The fourth-order valence-corrected chi connectivity index (χ4v) is 4.17. The van der Waals surface area contributed by atoms with E-state index in [1.807, 2.05) is 6.20 Å². The Morgan fingerprint density at radius 3 is 2.60 bits per heavy atom. The summed E-state index contributed by atoms with van der Waals surface area (Å²) in [4.78, 5) is 26.6. The number of likely N-dealkylation sites (tertiary alicyclic amines) is 1. The minimum Gasteiger partial charge on any atom is -0.378 e. The average Bonchev–Trinajstić information content (AvgIpc) is 2.97. The molecule has 0 saturated carbocycles. The number of aromatic nitrogens is 2. The van der Waals surface area contributed by atoms with Crippen LogP contribution in [-0.2, 0) is 22.4 Å². The molecular formula is C19H28N4O2. The van der Waals surface area contributed by atoms with Crippen LogP contribution in [0.2, 0.25) is 0 Å². The number of hydrogen-bond acceptors (Lipinski definition) is 5. The van der Waals surface area contributed by atoms with Crippen molar-refractivity contribution < 1.29 is 9.53 Å². The number of fused-ring (bicyclic) bond motifs is 1. The SMILES string of the molecule is O=C(C1CCc2nc(N3CCOCC3)ncc2C1)N1CCCCCC1. The molecule has 0 aromatic carbocycles. The maximum atomic E-state index is 12.9. The van der Waals surface area contributed by atoms with E-state index < -0.39 is 0 Å². The molecular weight excluding hydrogens is 316 g/mol. The number of rotatable bonds is 2. The lowest BCUT2D eigenvalue weighted by molar-refractivity contribution is -0.135. The lowest BCUT2D eigenvalue weighted by atomic mass is 9.86. The van der Waals surface area contributed by atoms with Crippen LogP contribution >= 0.6 is 0 Å². The molecule has 4 rings (SSSR count). The molecule has 2 aliphatic heterocycles. The van der Waals surface area contributed by atoms with Gasteiger partial charge in [0.05, 0.1) is 13.2 Å². The number of nitrogens with zero attached hydrogens (tertiary/aromatic N) is 4. The van der Waals surface area contributed by atoms with Crippen LogP contribution in [-0.4, -0.2) is 60.2 Å². The summed E-state index contributed by atoms with van der Waals surface area (Å²) in [6.45, 7) is 5.08. The summed E-state index contributed by atoms with van der Waals surface area (Å²) in [6.07, 6.45) is 9.39. The average molecular weight is 344 g/mol. The molecule has 1 aromatic rings. The van der Waals surface area contributed by atoms with Gasteiger partial charge >= 0.3 is 0 Å². The van der Waals surface area contributed by atoms with Crippen LogP contribution in [0.15, 0.2) is 6.20 Å². The molecule has 3 heterocycles. The van der Waals surface area contributed by atoms with Gasteiger partial charge in [-0.25, -0.2) is 9.97 Å². The highest BCUT2D eigenvalue weighted by atomic mass is 16.5. The molecule has 0 radical (unpaired) electrons. The van der Waals surface area contributed by atoms with Gasteiger partial charge in [-0.05, 0) is 37.7 Å². The molecule has 1 atom stereocenters. The summed E-state index contributed by atoms with van der Waals surface area (Å²) in [5.74, 6) is 1.28. The van der Waals surface area contributed by atoms with Crippen molar-refractivity contribution in [2.45, 2.75) is 44.9 Å². The van der Waals surface area contributed by atoms with Crippen molar-refractivity contribution in [2.24, 2.45) is 5.92 Å². The molecule has 1 aliphatic carbocycles. The Morgan fingerprint density at radius 2 is 1.84 bits per heavy atom. The van der Waals surface area contributed by atoms with Gasteiger partial charge in [-0.15, -0.1) is 0 Å². The van der Waals surface area contributed by atoms with E-state index in [1.54, 1.807) is 0 Å². The summed E-state index contributed by atoms with van der Waals surface area (Å²) in [5, 5.41) is 0. The molecule has 2 saturated heterocycles. The van der Waals surface area contributed by atoms with Gasteiger partial charge in [0.25, 0.3) is 0 Å². The largest absolute Gasteiger partial charge is 0.378 e. The Morgan fingerprint density at radius 1 is 1.08 bits per heavy atom. The van der Waals surface area contributed by atoms with E-state index in [9.17, 15) is 4.79 Å². The first-order valence-electron chi connectivity index (χ1n) is 9.77. The fourth-order valence-electron chi connectivity index (χ4n) is 4.17. The Labute approximate surface area is 149 Å². The van der Waals surface area contributed by atoms with Crippen LogP contribution in [0.3, 0.4) is 0 Å². The van der Waals surface area contributed by atoms with E-state index in [2.05, 4.69) is 14.8 Å². The van der Waals surface area contributed by atoms with Gasteiger partial charge in [0, 0.05) is 44.0 Å². The summed E-state index contributed by atoms with van der Waals surface area (Å²) < 4.78 is 5.40. The molecule has 136 valence electrons. The van der Waals surface area contributed by atoms with Crippen molar-refractivity contribution in [1.29, 1.82) is 0 Å². The first-order chi connectivity index (χ1) is 12.3. The first-order valence-corrected chi connectivity index (χ1v) is 9.77. The molecule has 0 spiro atoms. The van der Waals surface area contributed by atoms with E-state index in [4.69, 9.17) is 9.72 Å². The third kappa shape index (κ3) is 3.78. The van der Waals surface area contributed by atoms with Crippen LogP contribution in [0.5, 0.6) is 0 Å². The monoisotopic (exact) mass is 344 g/mol. The number of morpholine rings is 1. The minimum atomic E-state index is 0.114. The number of hydrogen-bond donors (Lipinski definition) is 0. The van der Waals surface area contributed by atoms with Crippen LogP contribution in [0, 0.1) is 5.92 Å². The molecule has 3 aliphatic rings. The lowest BCUT2D eigenvalue weighted by Gasteiger charge is -2.30. The number of ether oxygens (including phenoxy) is 1. The summed E-state index contributed by atoms with van der Waals surface area (Å²) in [6, 6.07) is 0. The van der Waals surface area contributed by atoms with Crippen molar-refractivity contribution in [2.75, 3.05) is 44.3 Å². The molecule has 1 amide bonds. The second kappa shape index (κ2) is 7.68. The highest BCUT2D eigenvalue weighted by Crippen LogP contribution is 2.27. The number of carbonyl (C=O) groups is 1. The zero-order valence-corrected chi connectivity index (χ0v) is 15.0. The van der Waals surface area contributed by atoms with Gasteiger partial charge in [-0.1, -0.05) is 12.8 Å². The highest BCUT2D eigenvalue weighted by molar-refractivity contribution is 5.79. The Kier molecular flexibility index (Phi) is 5.15. The van der Waals surface area contributed by atoms with Gasteiger partial charge in [0.1, 0.15) is 0 Å². The van der Waals surface area contributed by atoms with E-state index in [-0.39, 0.29) is 5.92 Å².